The minimum Gasteiger partial charge on any atom is 0 e. The van der Waals surface area contributed by atoms with Crippen LogP contribution in [0.2, 0.25) is 0 Å². The zero-order valence-corrected chi connectivity index (χ0v) is 10.2. The topological polar surface area (TPSA) is 60.7 Å². The Balaban J connectivity index is 0. The summed E-state index contributed by atoms with van der Waals surface area (Å²) >= 11 is 0. The van der Waals surface area contributed by atoms with Gasteiger partial charge < -0.3 is 0 Å². The molecule has 86 valence electrons. The van der Waals surface area contributed by atoms with E-state index in [1.165, 1.54) is 0 Å². The van der Waals surface area contributed by atoms with Gasteiger partial charge in [-0.15, -0.1) is 0 Å². The maximum absolute atomic E-state index is 9.48. The van der Waals surface area contributed by atoms with Gasteiger partial charge in [-0.25, -0.2) is 0 Å². The molecule has 0 aliphatic heterocycles. The van der Waals surface area contributed by atoms with Crippen LogP contribution >= 0.6 is 7.28 Å². The fourth-order valence-electron chi connectivity index (χ4n) is 1.08. The van der Waals surface area contributed by atoms with Gasteiger partial charge in [-0.3, -0.25) is 0 Å². The zero-order valence-electron chi connectivity index (χ0n) is 8.35. The second-order valence-electron chi connectivity index (χ2n) is 3.49. The third kappa shape index (κ3) is 9.12. The molecule has 0 amide bonds. The Labute approximate surface area is 90.7 Å². The van der Waals surface area contributed by atoms with Gasteiger partial charge in [0.25, 0.3) is 0 Å². The molecular weight excluding hydrogens is 234 g/mol. The van der Waals surface area contributed by atoms with Gasteiger partial charge >= 0.3 is 73.8 Å². The van der Waals surface area contributed by atoms with E-state index in [4.69, 9.17) is 0 Å². The van der Waals surface area contributed by atoms with Crippen molar-refractivity contribution in [3.63, 3.8) is 0 Å². The standard InChI is InChI=1S/C8H21O3P.Ni/c1-3-5-7-12(9,10,11)8-6-4-2;/h9-11H,3-8H2,1-2H3;. The van der Waals surface area contributed by atoms with Crippen molar-refractivity contribution in [3.05, 3.63) is 0 Å². The predicted molar refractivity (Wildman–Crippen MR) is 53.1 cm³/mol. The SMILES string of the molecule is CCCCP(O)(O)(O)CCCC.[Ni]. The summed E-state index contributed by atoms with van der Waals surface area (Å²) in [5.74, 6) is 0. The molecular formula is C8H21NiO3P. The smallest absolute Gasteiger partial charge is 0 e. The van der Waals surface area contributed by atoms with Crippen LogP contribution in [0.4, 0.5) is 0 Å². The summed E-state index contributed by atoms with van der Waals surface area (Å²) in [4.78, 5) is 28.5. The average Bonchev–Trinajstić information content (AvgIpc) is 1.97. The fraction of sp³-hybridized carbons (Fsp3) is 1.00. The van der Waals surface area contributed by atoms with Crippen LogP contribution < -0.4 is 0 Å². The number of hydrogen-bond donors (Lipinski definition) is 3. The van der Waals surface area contributed by atoms with Gasteiger partial charge in [-0.05, 0) is 0 Å². The Morgan fingerprint density at radius 2 is 1.15 bits per heavy atom. The van der Waals surface area contributed by atoms with Crippen molar-refractivity contribution in [1.82, 2.24) is 0 Å². The summed E-state index contributed by atoms with van der Waals surface area (Å²) in [6.07, 6.45) is 3.47. The van der Waals surface area contributed by atoms with Crippen LogP contribution in [-0.4, -0.2) is 27.0 Å². The Bertz CT molecular complexity index is 121. The summed E-state index contributed by atoms with van der Waals surface area (Å²) in [5, 5.41) is 0. The largest absolute Gasteiger partial charge is 0 e. The molecule has 3 N–H and O–H groups in total. The third-order valence-corrected chi connectivity index (χ3v) is 4.40. The van der Waals surface area contributed by atoms with Crippen LogP contribution in [-0.2, 0) is 16.5 Å². The van der Waals surface area contributed by atoms with Crippen LogP contribution in [0.25, 0.3) is 0 Å². The first kappa shape index (κ1) is 16.2. The molecule has 0 bridgehead atoms. The van der Waals surface area contributed by atoms with Crippen molar-refractivity contribution in [1.29, 1.82) is 0 Å². The van der Waals surface area contributed by atoms with Gasteiger partial charge in [0, 0.05) is 16.5 Å². The molecule has 0 spiro atoms. The molecule has 0 heterocycles. The average molecular weight is 255 g/mol. The molecule has 0 aromatic rings. The van der Waals surface area contributed by atoms with Crippen molar-refractivity contribution >= 4 is 7.28 Å². The van der Waals surface area contributed by atoms with E-state index >= 15 is 0 Å². The second kappa shape index (κ2) is 6.32. The Hall–Kier alpha value is 0.804. The maximum atomic E-state index is 9.48. The summed E-state index contributed by atoms with van der Waals surface area (Å²) in [6.45, 7) is 3.93. The zero-order chi connectivity index (χ0) is 9.69. The van der Waals surface area contributed by atoms with Crippen molar-refractivity contribution in [3.8, 4) is 0 Å². The molecule has 0 atom stereocenters. The molecule has 0 saturated carbocycles. The van der Waals surface area contributed by atoms with E-state index in [9.17, 15) is 14.7 Å². The summed E-state index contributed by atoms with van der Waals surface area (Å²) < 4.78 is 0. The fourth-order valence-corrected chi connectivity index (χ4v) is 3.23. The number of hydrogen-bond acceptors (Lipinski definition) is 3. The quantitative estimate of drug-likeness (QED) is 0.501. The molecule has 0 aliphatic carbocycles. The molecule has 0 radical (unpaired) electrons. The molecule has 0 saturated heterocycles. The normalized spacial score (nSPS) is 14.4. The minimum absolute atomic E-state index is 0. The van der Waals surface area contributed by atoms with Crippen molar-refractivity contribution in [2.24, 2.45) is 0 Å². The van der Waals surface area contributed by atoms with Gasteiger partial charge in [0.1, 0.15) is 0 Å². The molecule has 0 aromatic carbocycles. The molecule has 0 aliphatic rings. The van der Waals surface area contributed by atoms with Crippen molar-refractivity contribution < 1.29 is 31.2 Å². The van der Waals surface area contributed by atoms with E-state index in [2.05, 4.69) is 0 Å². The van der Waals surface area contributed by atoms with Gasteiger partial charge in [-0.1, -0.05) is 0 Å². The van der Waals surface area contributed by atoms with Crippen LogP contribution in [0.3, 0.4) is 0 Å². The summed E-state index contributed by atoms with van der Waals surface area (Å²) in [7, 11) is -4.21. The van der Waals surface area contributed by atoms with Crippen molar-refractivity contribution in [2.45, 2.75) is 39.5 Å². The van der Waals surface area contributed by atoms with Gasteiger partial charge in [0.15, 0.2) is 0 Å². The van der Waals surface area contributed by atoms with E-state index in [0.717, 1.165) is 12.8 Å². The molecule has 3 nitrogen and oxygen atoms in total. The van der Waals surface area contributed by atoms with Crippen LogP contribution in [0.1, 0.15) is 39.5 Å². The van der Waals surface area contributed by atoms with Crippen molar-refractivity contribution in [2.75, 3.05) is 12.3 Å². The second-order valence-corrected chi connectivity index (χ2v) is 7.07. The Kier molecular flexibility index (Phi) is 7.89. The Morgan fingerprint density at radius 1 is 0.846 bits per heavy atom. The van der Waals surface area contributed by atoms with E-state index in [1.807, 2.05) is 13.8 Å². The van der Waals surface area contributed by atoms with Gasteiger partial charge in [0.05, 0.1) is 0 Å². The van der Waals surface area contributed by atoms with Crippen LogP contribution in [0.5, 0.6) is 0 Å². The van der Waals surface area contributed by atoms with E-state index in [1.54, 1.807) is 0 Å². The molecule has 0 fully saturated rings. The molecule has 0 aromatic heterocycles. The van der Waals surface area contributed by atoms with E-state index in [0.29, 0.717) is 12.8 Å². The predicted octanol–water partition coefficient (Wildman–Crippen LogP) is 1.86. The first-order valence-corrected chi connectivity index (χ1v) is 7.11. The van der Waals surface area contributed by atoms with Gasteiger partial charge in [0.2, 0.25) is 0 Å². The first-order valence-electron chi connectivity index (χ1n) is 4.65. The van der Waals surface area contributed by atoms with Crippen LogP contribution in [0.15, 0.2) is 0 Å². The molecule has 13 heavy (non-hydrogen) atoms. The van der Waals surface area contributed by atoms with Crippen LogP contribution in [0, 0.1) is 0 Å². The van der Waals surface area contributed by atoms with Gasteiger partial charge in [-0.2, -0.15) is 0 Å². The summed E-state index contributed by atoms with van der Waals surface area (Å²) in [6, 6.07) is 0. The number of unbranched alkanes of at least 4 members (excludes halogenated alkanes) is 2. The maximum Gasteiger partial charge on any atom is 0 e. The third-order valence-electron chi connectivity index (χ3n) is 1.94. The summed E-state index contributed by atoms with van der Waals surface area (Å²) in [5.41, 5.74) is 0. The van der Waals surface area contributed by atoms with E-state index < -0.39 is 7.28 Å². The molecule has 5 heteroatoms. The monoisotopic (exact) mass is 254 g/mol. The first-order chi connectivity index (χ1) is 5.39. The Morgan fingerprint density at radius 3 is 1.38 bits per heavy atom. The number of rotatable bonds is 6. The molecule has 0 unspecified atom stereocenters. The molecule has 0 rings (SSSR count). The van der Waals surface area contributed by atoms with E-state index in [-0.39, 0.29) is 28.8 Å². The minimum atomic E-state index is -4.21.